The molecule has 1 atom stereocenters. The molecule has 1 saturated heterocycles. The molecule has 0 radical (unpaired) electrons. The molecule has 0 aliphatic carbocycles. The Labute approximate surface area is 180 Å². The summed E-state index contributed by atoms with van der Waals surface area (Å²) >= 11 is 0. The van der Waals surface area contributed by atoms with Crippen LogP contribution in [-0.4, -0.2) is 46.4 Å². The fraction of sp³-hybridized carbons (Fsp3) is 0.458. The van der Waals surface area contributed by atoms with E-state index in [0.717, 1.165) is 55.6 Å². The van der Waals surface area contributed by atoms with E-state index in [1.807, 2.05) is 12.1 Å². The first-order valence-corrected chi connectivity index (χ1v) is 10.7. The number of rotatable bonds is 8. The fourth-order valence-electron chi connectivity index (χ4n) is 3.84. The van der Waals surface area contributed by atoms with Crippen LogP contribution in [0.1, 0.15) is 24.5 Å². The lowest BCUT2D eigenvalue weighted by Crippen LogP contribution is -2.40. The second-order valence-electron chi connectivity index (χ2n) is 7.66. The van der Waals surface area contributed by atoms with Crippen LogP contribution in [0.2, 0.25) is 0 Å². The van der Waals surface area contributed by atoms with E-state index in [0.29, 0.717) is 12.5 Å². The molecule has 0 saturated carbocycles. The number of guanidine groups is 1. The molecule has 0 amide bonds. The van der Waals surface area contributed by atoms with Gasteiger partial charge in [0.2, 0.25) is 0 Å². The molecule has 3 rings (SSSR count). The molecule has 2 N–H and O–H groups in total. The van der Waals surface area contributed by atoms with E-state index in [1.54, 1.807) is 14.2 Å². The third-order valence-corrected chi connectivity index (χ3v) is 5.46. The maximum Gasteiger partial charge on any atom is 0.191 e. The van der Waals surface area contributed by atoms with Crippen LogP contribution in [-0.2, 0) is 6.54 Å². The van der Waals surface area contributed by atoms with Gasteiger partial charge in [-0.1, -0.05) is 24.3 Å². The number of aryl methyl sites for hydroxylation is 1. The lowest BCUT2D eigenvalue weighted by molar-refractivity contribution is 0.409. The topological polar surface area (TPSA) is 58.1 Å². The molecule has 1 aliphatic heterocycles. The smallest absolute Gasteiger partial charge is 0.191 e. The maximum absolute atomic E-state index is 5.53. The van der Waals surface area contributed by atoms with Gasteiger partial charge in [0, 0.05) is 31.7 Å². The fourth-order valence-corrected chi connectivity index (χ4v) is 3.84. The molecule has 1 heterocycles. The van der Waals surface area contributed by atoms with Gasteiger partial charge in [0.05, 0.1) is 26.5 Å². The molecule has 2 aromatic rings. The van der Waals surface area contributed by atoms with Crippen LogP contribution < -0.4 is 25.0 Å². The summed E-state index contributed by atoms with van der Waals surface area (Å²) in [6, 6.07) is 14.5. The molecule has 30 heavy (non-hydrogen) atoms. The van der Waals surface area contributed by atoms with Crippen molar-refractivity contribution in [2.45, 2.75) is 26.8 Å². The van der Waals surface area contributed by atoms with E-state index in [1.165, 1.54) is 11.3 Å². The number of nitrogens with one attached hydrogen (secondary N) is 2. The van der Waals surface area contributed by atoms with Crippen molar-refractivity contribution in [2.24, 2.45) is 10.9 Å². The molecule has 2 aromatic carbocycles. The third-order valence-electron chi connectivity index (χ3n) is 5.46. The van der Waals surface area contributed by atoms with Gasteiger partial charge in [-0.15, -0.1) is 0 Å². The number of aliphatic imine (C=N–C) groups is 1. The Balaban J connectivity index is 1.58. The van der Waals surface area contributed by atoms with E-state index in [9.17, 15) is 0 Å². The van der Waals surface area contributed by atoms with Crippen molar-refractivity contribution in [3.63, 3.8) is 0 Å². The highest BCUT2D eigenvalue weighted by Gasteiger charge is 2.24. The van der Waals surface area contributed by atoms with Crippen molar-refractivity contribution in [1.29, 1.82) is 0 Å². The molecular weight excluding hydrogens is 376 g/mol. The van der Waals surface area contributed by atoms with Crippen molar-refractivity contribution in [3.05, 3.63) is 53.6 Å². The number of methoxy groups -OCH3 is 2. The maximum atomic E-state index is 5.53. The normalized spacial score (nSPS) is 16.5. The van der Waals surface area contributed by atoms with Crippen LogP contribution in [0.25, 0.3) is 0 Å². The zero-order valence-electron chi connectivity index (χ0n) is 18.6. The number of ether oxygens (including phenoxy) is 2. The van der Waals surface area contributed by atoms with Crippen LogP contribution >= 0.6 is 0 Å². The zero-order valence-corrected chi connectivity index (χ0v) is 18.6. The first-order chi connectivity index (χ1) is 14.6. The quantitative estimate of drug-likeness (QED) is 0.514. The molecule has 162 valence electrons. The Kier molecular flexibility index (Phi) is 7.82. The van der Waals surface area contributed by atoms with E-state index in [-0.39, 0.29) is 0 Å². The van der Waals surface area contributed by atoms with Crippen LogP contribution in [0.5, 0.6) is 11.5 Å². The van der Waals surface area contributed by atoms with Gasteiger partial charge in [-0.2, -0.15) is 0 Å². The van der Waals surface area contributed by atoms with Crippen molar-refractivity contribution in [2.75, 3.05) is 45.3 Å². The SMILES string of the molecule is CCNC(=NCc1ccc(C)cc1OC)NCC1CCN(c2ccccc2OC)C1. The van der Waals surface area contributed by atoms with Crippen LogP contribution in [0, 0.1) is 12.8 Å². The Bertz CT molecular complexity index is 853. The molecule has 1 fully saturated rings. The van der Waals surface area contributed by atoms with Gasteiger partial charge in [0.25, 0.3) is 0 Å². The Morgan fingerprint density at radius 1 is 1.10 bits per heavy atom. The molecule has 1 unspecified atom stereocenters. The largest absolute Gasteiger partial charge is 0.496 e. The third kappa shape index (κ3) is 5.59. The van der Waals surface area contributed by atoms with Crippen LogP contribution in [0.4, 0.5) is 5.69 Å². The van der Waals surface area contributed by atoms with Crippen LogP contribution in [0.15, 0.2) is 47.5 Å². The number of hydrogen-bond acceptors (Lipinski definition) is 4. The summed E-state index contributed by atoms with van der Waals surface area (Å²) in [5.74, 6) is 3.23. The summed E-state index contributed by atoms with van der Waals surface area (Å²) in [7, 11) is 3.44. The number of anilines is 1. The number of para-hydroxylation sites is 2. The van der Waals surface area contributed by atoms with E-state index < -0.39 is 0 Å². The van der Waals surface area contributed by atoms with Gasteiger partial charge in [0.1, 0.15) is 11.5 Å². The molecule has 6 nitrogen and oxygen atoms in total. The molecular formula is C24H34N4O2. The van der Waals surface area contributed by atoms with Crippen molar-refractivity contribution in [3.8, 4) is 11.5 Å². The molecule has 0 bridgehead atoms. The highest BCUT2D eigenvalue weighted by molar-refractivity contribution is 5.79. The Morgan fingerprint density at radius 2 is 1.90 bits per heavy atom. The van der Waals surface area contributed by atoms with Crippen molar-refractivity contribution in [1.82, 2.24) is 10.6 Å². The minimum atomic E-state index is 0.563. The van der Waals surface area contributed by atoms with Gasteiger partial charge in [-0.3, -0.25) is 0 Å². The monoisotopic (exact) mass is 410 g/mol. The standard InChI is InChI=1S/C24H34N4O2/c1-5-25-24(27-16-20-11-10-18(2)14-23(20)30-4)26-15-19-12-13-28(17-19)21-8-6-7-9-22(21)29-3/h6-11,14,19H,5,12-13,15-17H2,1-4H3,(H2,25,26,27). The van der Waals surface area contributed by atoms with Gasteiger partial charge in [0.15, 0.2) is 5.96 Å². The van der Waals surface area contributed by atoms with E-state index in [2.05, 4.69) is 59.7 Å². The summed E-state index contributed by atoms with van der Waals surface area (Å²) < 4.78 is 11.0. The second kappa shape index (κ2) is 10.8. The summed E-state index contributed by atoms with van der Waals surface area (Å²) in [6.07, 6.45) is 1.15. The lowest BCUT2D eigenvalue weighted by atomic mass is 10.1. The minimum Gasteiger partial charge on any atom is -0.496 e. The Morgan fingerprint density at radius 3 is 2.67 bits per heavy atom. The predicted molar refractivity (Wildman–Crippen MR) is 124 cm³/mol. The predicted octanol–water partition coefficient (Wildman–Crippen LogP) is 3.59. The molecule has 6 heteroatoms. The van der Waals surface area contributed by atoms with E-state index in [4.69, 9.17) is 14.5 Å². The minimum absolute atomic E-state index is 0.563. The first kappa shape index (κ1) is 21.8. The molecule has 1 aliphatic rings. The molecule has 0 spiro atoms. The summed E-state index contributed by atoms with van der Waals surface area (Å²) in [4.78, 5) is 7.18. The van der Waals surface area contributed by atoms with Gasteiger partial charge >= 0.3 is 0 Å². The van der Waals surface area contributed by atoms with Crippen LogP contribution in [0.3, 0.4) is 0 Å². The highest BCUT2D eigenvalue weighted by Crippen LogP contribution is 2.31. The Hall–Kier alpha value is -2.89. The second-order valence-corrected chi connectivity index (χ2v) is 7.66. The number of hydrogen-bond donors (Lipinski definition) is 2. The summed E-state index contributed by atoms with van der Waals surface area (Å²) in [5.41, 5.74) is 3.45. The average molecular weight is 411 g/mol. The van der Waals surface area contributed by atoms with Crippen molar-refractivity contribution < 1.29 is 9.47 Å². The lowest BCUT2D eigenvalue weighted by Gasteiger charge is -2.21. The van der Waals surface area contributed by atoms with Gasteiger partial charge in [-0.25, -0.2) is 4.99 Å². The number of nitrogens with zero attached hydrogens (tertiary/aromatic N) is 2. The van der Waals surface area contributed by atoms with Gasteiger partial charge in [-0.05, 0) is 49.9 Å². The first-order valence-electron chi connectivity index (χ1n) is 10.7. The summed E-state index contributed by atoms with van der Waals surface area (Å²) in [5, 5.41) is 6.87. The van der Waals surface area contributed by atoms with E-state index >= 15 is 0 Å². The zero-order chi connectivity index (χ0) is 21.3. The van der Waals surface area contributed by atoms with Crippen molar-refractivity contribution >= 4 is 11.6 Å². The number of benzene rings is 2. The summed E-state index contributed by atoms with van der Waals surface area (Å²) in [6.45, 7) is 8.51. The van der Waals surface area contributed by atoms with Gasteiger partial charge < -0.3 is 25.0 Å². The molecule has 0 aromatic heterocycles. The highest BCUT2D eigenvalue weighted by atomic mass is 16.5. The average Bonchev–Trinajstić information content (AvgIpc) is 3.25.